The van der Waals surface area contributed by atoms with Crippen LogP contribution in [0.2, 0.25) is 0 Å². The second-order valence-electron chi connectivity index (χ2n) is 22.0. The average molecular weight is 1180 g/mol. The van der Waals surface area contributed by atoms with Gasteiger partial charge in [0.05, 0.1) is 27.7 Å². The summed E-state index contributed by atoms with van der Waals surface area (Å²) in [5, 5.41) is 0. The number of rotatable bonds is 57. The number of carbonyl (C=O) groups is 2. The highest BCUT2D eigenvalue weighted by Crippen LogP contribution is 2.38. The van der Waals surface area contributed by atoms with E-state index in [-0.39, 0.29) is 26.1 Å². The second kappa shape index (κ2) is 62.6. The van der Waals surface area contributed by atoms with Gasteiger partial charge in [-0.1, -0.05) is 254 Å². The Kier molecular flexibility index (Phi) is 59.0. The van der Waals surface area contributed by atoms with Gasteiger partial charge in [0.15, 0.2) is 6.10 Å². The number of nitrogens with zero attached hydrogens (tertiary/aromatic N) is 1. The van der Waals surface area contributed by atoms with Crippen LogP contribution in [0.3, 0.4) is 0 Å². The predicted molar refractivity (Wildman–Crippen MR) is 359 cm³/mol. The molecule has 0 fully saturated rings. The lowest BCUT2D eigenvalue weighted by Gasteiger charge is -2.28. The van der Waals surface area contributed by atoms with Gasteiger partial charge in [0.25, 0.3) is 7.82 Å². The third kappa shape index (κ3) is 66.3. The molecular weight excluding hydrogens is 1060 g/mol. The fourth-order valence-corrected chi connectivity index (χ4v) is 8.73. The molecule has 84 heavy (non-hydrogen) atoms. The van der Waals surface area contributed by atoms with Crippen LogP contribution in [0.25, 0.3) is 0 Å². The lowest BCUT2D eigenvalue weighted by atomic mass is 10.1. The molecule has 0 aliphatic carbocycles. The van der Waals surface area contributed by atoms with Crippen LogP contribution in [0.4, 0.5) is 0 Å². The number of ether oxygens (including phenoxy) is 2. The Bertz CT molecular complexity index is 2070. The van der Waals surface area contributed by atoms with Gasteiger partial charge in [-0.15, -0.1) is 0 Å². The van der Waals surface area contributed by atoms with E-state index in [0.29, 0.717) is 23.9 Å². The SMILES string of the molecule is CC/C=C\C/C=C\C/C=C\C/C=C\C/C=C\C/C=C\C/C=C\C/C=C\C/C=C\CCCCCCCCCC(=O)OC(COC(=O)CCCCCCCC/C=C\C/C=C\C/C=C\C/C=C\C/C=C\C/C=C\CC)COP(=O)([O-])OCC[N+](C)(C)C. The van der Waals surface area contributed by atoms with Crippen molar-refractivity contribution in [3.05, 3.63) is 182 Å². The molecule has 0 amide bonds. The first kappa shape index (κ1) is 79.1. The van der Waals surface area contributed by atoms with Crippen LogP contribution in [0.15, 0.2) is 182 Å². The van der Waals surface area contributed by atoms with Crippen molar-refractivity contribution in [1.29, 1.82) is 0 Å². The van der Waals surface area contributed by atoms with Gasteiger partial charge in [-0.25, -0.2) is 0 Å². The Morgan fingerprint density at radius 3 is 0.952 bits per heavy atom. The number of carbonyl (C=O) groups excluding carboxylic acids is 2. The van der Waals surface area contributed by atoms with Crippen molar-refractivity contribution in [1.82, 2.24) is 0 Å². The summed E-state index contributed by atoms with van der Waals surface area (Å²) in [6.07, 6.45) is 96.6. The summed E-state index contributed by atoms with van der Waals surface area (Å²) in [6, 6.07) is 0. The van der Waals surface area contributed by atoms with Gasteiger partial charge in [-0.2, -0.15) is 0 Å². The molecule has 0 saturated heterocycles. The van der Waals surface area contributed by atoms with Crippen LogP contribution < -0.4 is 4.89 Å². The van der Waals surface area contributed by atoms with Crippen molar-refractivity contribution < 1.29 is 42.1 Å². The monoisotopic (exact) mass is 1180 g/mol. The number of phosphoric ester groups is 1. The number of esters is 2. The summed E-state index contributed by atoms with van der Waals surface area (Å²) in [5.41, 5.74) is 0. The molecule has 10 heteroatoms. The Morgan fingerprint density at radius 1 is 0.369 bits per heavy atom. The lowest BCUT2D eigenvalue weighted by molar-refractivity contribution is -0.870. The summed E-state index contributed by atoms with van der Waals surface area (Å²) in [7, 11) is 1.12. The van der Waals surface area contributed by atoms with E-state index in [2.05, 4.69) is 196 Å². The molecule has 0 radical (unpaired) electrons. The molecule has 0 spiro atoms. The first-order valence-corrected chi connectivity index (χ1v) is 34.0. The van der Waals surface area contributed by atoms with Crippen molar-refractivity contribution in [2.75, 3.05) is 47.5 Å². The van der Waals surface area contributed by atoms with Gasteiger partial charge in [-0.05, 0) is 135 Å². The number of likely N-dealkylation sites (N-methyl/N-ethyl adjacent to an activating group) is 1. The van der Waals surface area contributed by atoms with Crippen LogP contribution in [0.1, 0.15) is 219 Å². The Morgan fingerprint density at radius 2 is 0.643 bits per heavy atom. The highest BCUT2D eigenvalue weighted by molar-refractivity contribution is 7.45. The first-order valence-electron chi connectivity index (χ1n) is 32.5. The fourth-order valence-electron chi connectivity index (χ4n) is 8.00. The quantitative estimate of drug-likeness (QED) is 0.0195. The van der Waals surface area contributed by atoms with Crippen LogP contribution in [-0.2, 0) is 32.7 Å². The van der Waals surface area contributed by atoms with Crippen molar-refractivity contribution in [2.45, 2.75) is 225 Å². The normalized spacial score (nSPS) is 14.4. The van der Waals surface area contributed by atoms with Gasteiger partial charge in [-0.3, -0.25) is 14.2 Å². The standard InChI is InChI=1S/C74H118NO8P/c1-6-8-10-12-14-16-18-20-22-24-26-28-30-32-33-34-35-36-37-38-39-40-41-43-45-47-49-51-53-55-57-59-61-63-65-67-74(77)83-72(71-82-84(78,79)81-69-68-75(3,4)5)70-80-73(76)66-64-62-60-58-56-54-52-50-48-46-44-42-31-29-27-25-23-21-19-17-15-13-11-9-7-2/h8-11,14-17,20-23,26-29,32-33,35-36,38-39,41-44,47-50,72H,6-7,12-13,18-19,24-25,30-31,34,37,40,45-46,51-71H2,1-5H3/b10-8-,11-9-,16-14-,17-15-,22-20-,23-21-,28-26-,29-27-,33-32-,36-35-,39-38-,43-41-,44-42-,49-47-,50-48-. The van der Waals surface area contributed by atoms with E-state index in [1.54, 1.807) is 0 Å². The topological polar surface area (TPSA) is 111 Å². The van der Waals surface area contributed by atoms with Gasteiger partial charge in [0.1, 0.15) is 19.8 Å². The predicted octanol–water partition coefficient (Wildman–Crippen LogP) is 20.5. The fraction of sp³-hybridized carbons (Fsp3) is 0.568. The molecule has 0 aromatic heterocycles. The minimum absolute atomic E-state index is 0.0468. The number of allylic oxidation sites excluding steroid dienone is 30. The molecule has 0 saturated carbocycles. The molecule has 0 aliphatic rings. The number of phosphoric acid groups is 1. The molecule has 0 aliphatic heterocycles. The molecule has 9 nitrogen and oxygen atoms in total. The molecule has 0 heterocycles. The Balaban J connectivity index is 4.23. The first-order chi connectivity index (χ1) is 41.0. The maximum Gasteiger partial charge on any atom is 0.306 e. The van der Waals surface area contributed by atoms with Crippen LogP contribution >= 0.6 is 7.82 Å². The Labute approximate surface area is 514 Å². The molecule has 0 aromatic carbocycles. The largest absolute Gasteiger partial charge is 0.756 e. The minimum Gasteiger partial charge on any atom is -0.756 e. The van der Waals surface area contributed by atoms with Crippen molar-refractivity contribution >= 4 is 19.8 Å². The third-order valence-electron chi connectivity index (χ3n) is 12.9. The molecule has 472 valence electrons. The maximum absolute atomic E-state index is 12.8. The van der Waals surface area contributed by atoms with E-state index in [1.807, 2.05) is 21.1 Å². The van der Waals surface area contributed by atoms with E-state index in [1.165, 1.54) is 12.8 Å². The summed E-state index contributed by atoms with van der Waals surface area (Å²) in [5.74, 6) is -0.878. The minimum atomic E-state index is -4.66. The smallest absolute Gasteiger partial charge is 0.306 e. The van der Waals surface area contributed by atoms with Gasteiger partial charge < -0.3 is 27.9 Å². The van der Waals surface area contributed by atoms with Crippen molar-refractivity contribution in [3.63, 3.8) is 0 Å². The van der Waals surface area contributed by atoms with Crippen LogP contribution in [-0.4, -0.2) is 70.0 Å². The summed E-state index contributed by atoms with van der Waals surface area (Å²) in [4.78, 5) is 38.0. The zero-order valence-corrected chi connectivity index (χ0v) is 54.4. The second-order valence-corrected chi connectivity index (χ2v) is 23.4. The van der Waals surface area contributed by atoms with E-state index in [0.717, 1.165) is 167 Å². The van der Waals surface area contributed by atoms with Gasteiger partial charge in [0, 0.05) is 12.8 Å². The average Bonchev–Trinajstić information content (AvgIpc) is 3.61. The van der Waals surface area contributed by atoms with Crippen LogP contribution in [0.5, 0.6) is 0 Å². The van der Waals surface area contributed by atoms with E-state index in [4.69, 9.17) is 18.5 Å². The summed E-state index contributed by atoms with van der Waals surface area (Å²) in [6.45, 7) is 3.95. The van der Waals surface area contributed by atoms with Crippen molar-refractivity contribution in [2.24, 2.45) is 0 Å². The molecule has 0 bridgehead atoms. The van der Waals surface area contributed by atoms with E-state index >= 15 is 0 Å². The molecule has 2 atom stereocenters. The van der Waals surface area contributed by atoms with E-state index < -0.39 is 32.5 Å². The highest BCUT2D eigenvalue weighted by atomic mass is 31.2. The molecule has 2 unspecified atom stereocenters. The number of hydrogen-bond acceptors (Lipinski definition) is 8. The molecule has 0 rings (SSSR count). The van der Waals surface area contributed by atoms with Crippen molar-refractivity contribution in [3.8, 4) is 0 Å². The highest BCUT2D eigenvalue weighted by Gasteiger charge is 2.22. The molecule has 0 aromatic rings. The maximum atomic E-state index is 12.8. The lowest BCUT2D eigenvalue weighted by Crippen LogP contribution is -2.37. The molecular formula is C74H118NO8P. The number of quaternary nitrogens is 1. The number of unbranched alkanes of at least 4 members (excludes halogenated alkanes) is 13. The summed E-state index contributed by atoms with van der Waals surface area (Å²) < 4.78 is 34.2. The zero-order valence-electron chi connectivity index (χ0n) is 53.5. The zero-order chi connectivity index (χ0) is 61.2. The summed E-state index contributed by atoms with van der Waals surface area (Å²) >= 11 is 0. The van der Waals surface area contributed by atoms with Crippen LogP contribution in [0, 0.1) is 0 Å². The van der Waals surface area contributed by atoms with Gasteiger partial charge in [0.2, 0.25) is 0 Å². The third-order valence-corrected chi connectivity index (χ3v) is 13.9. The molecule has 0 N–H and O–H groups in total. The Hall–Kier alpha value is -4.89. The van der Waals surface area contributed by atoms with E-state index in [9.17, 15) is 19.0 Å². The number of hydrogen-bond donors (Lipinski definition) is 0. The van der Waals surface area contributed by atoms with Gasteiger partial charge >= 0.3 is 11.9 Å².